The minimum absolute atomic E-state index is 1.19. The van der Waals surface area contributed by atoms with Crippen LogP contribution in [0.25, 0.3) is 252 Å². The second kappa shape index (κ2) is 32.9. The highest BCUT2D eigenvalue weighted by atomic mass is 14.3. The molecule has 0 aliphatic carbocycles. The molecule has 25 rings (SSSR count). The minimum Gasteiger partial charge on any atom is -0.0622 e. The standard InChI is InChI=1S/C66H42.C64H42/c1-3-17-43(18-4-1)45-31-35-47(36-32-45)63-54-25-11-12-26-55(54)64(48-37-33-46(34-38-48)44-19-5-2-6-20-44)62-42-50(39-40-60(62)63)65-56-27-13-15-29-58(56)66(59-30-16-14-28-57(59)65)61-41-49-21-7-8-22-51(49)52-23-9-10-24-53(52)61;1-4-16-43(17-5-1)45-28-34-50(35-29-45)63-57-26-14-15-27-58(57)64(51-36-30-46(31-37-51)44-18-6-2-7-19-44)60-42-52(40-41-59(60)63)47-32-38-49(39-33-47)62-55-24-12-10-22-53(55)61(48-20-8-3-9-21-48)54-23-11-13-25-56(54)62/h1-42H;1-42H. The molecule has 0 nitrogen and oxygen atoms in total. The molecule has 0 heteroatoms. The van der Waals surface area contributed by atoms with Gasteiger partial charge in [-0.1, -0.05) is 491 Å². The molecule has 0 aromatic heterocycles. The zero-order chi connectivity index (χ0) is 86.0. The van der Waals surface area contributed by atoms with Crippen molar-refractivity contribution in [2.45, 2.75) is 0 Å². The molecule has 0 atom stereocenters. The van der Waals surface area contributed by atoms with Gasteiger partial charge in [-0.2, -0.15) is 0 Å². The molecule has 0 saturated carbocycles. The predicted molar refractivity (Wildman–Crippen MR) is 559 cm³/mol. The Kier molecular flexibility index (Phi) is 19.4. The normalized spacial score (nSPS) is 11.5. The smallest absolute Gasteiger partial charge is 0.00199 e. The number of fused-ring (bicyclic) bond motifs is 11. The highest BCUT2D eigenvalue weighted by molar-refractivity contribution is 6.29. The Hall–Kier alpha value is -16.9. The van der Waals surface area contributed by atoms with Crippen molar-refractivity contribution >= 4 is 108 Å². The number of benzene rings is 25. The molecule has 0 fully saturated rings. The fraction of sp³-hybridized carbons (Fsp3) is 0. The lowest BCUT2D eigenvalue weighted by atomic mass is 9.82. The predicted octanol–water partition coefficient (Wildman–Crippen LogP) is 36.6. The molecule has 0 spiro atoms. The van der Waals surface area contributed by atoms with Crippen molar-refractivity contribution in [2.75, 3.05) is 0 Å². The van der Waals surface area contributed by atoms with E-state index >= 15 is 0 Å². The summed E-state index contributed by atoms with van der Waals surface area (Å²) < 4.78 is 0. The second-order valence-corrected chi connectivity index (χ2v) is 34.2. The van der Waals surface area contributed by atoms with Crippen LogP contribution in [0.3, 0.4) is 0 Å². The highest BCUT2D eigenvalue weighted by Gasteiger charge is 2.26. The van der Waals surface area contributed by atoms with E-state index in [2.05, 4.69) is 510 Å². The van der Waals surface area contributed by atoms with E-state index < -0.39 is 0 Å². The van der Waals surface area contributed by atoms with E-state index in [-0.39, 0.29) is 0 Å². The van der Waals surface area contributed by atoms with Crippen LogP contribution >= 0.6 is 0 Å². The summed E-state index contributed by atoms with van der Waals surface area (Å²) in [6, 6.07) is 188. The van der Waals surface area contributed by atoms with Crippen LogP contribution in [0.5, 0.6) is 0 Å². The topological polar surface area (TPSA) is 0 Å². The van der Waals surface area contributed by atoms with Crippen molar-refractivity contribution in [3.63, 3.8) is 0 Å². The fourth-order valence-electron chi connectivity index (χ4n) is 21.0. The molecule has 130 heavy (non-hydrogen) atoms. The van der Waals surface area contributed by atoms with E-state index in [1.807, 2.05) is 0 Å². The summed E-state index contributed by atoms with van der Waals surface area (Å²) in [6.07, 6.45) is 0. The fourth-order valence-corrected chi connectivity index (χ4v) is 21.0. The largest absolute Gasteiger partial charge is 0.0622 e. The maximum Gasteiger partial charge on any atom is -0.00199 e. The lowest BCUT2D eigenvalue weighted by molar-refractivity contribution is 1.60. The molecule has 0 bridgehead atoms. The van der Waals surface area contributed by atoms with Gasteiger partial charge in [0, 0.05) is 0 Å². The van der Waals surface area contributed by atoms with Gasteiger partial charge >= 0.3 is 0 Å². The van der Waals surface area contributed by atoms with Gasteiger partial charge in [0.15, 0.2) is 0 Å². The van der Waals surface area contributed by atoms with Crippen molar-refractivity contribution < 1.29 is 0 Å². The van der Waals surface area contributed by atoms with Crippen LogP contribution in [0.15, 0.2) is 510 Å². The molecular formula is C130H84. The molecule has 0 unspecified atom stereocenters. The van der Waals surface area contributed by atoms with Gasteiger partial charge in [0.25, 0.3) is 0 Å². The molecule has 0 aliphatic rings. The van der Waals surface area contributed by atoms with Gasteiger partial charge in [0.2, 0.25) is 0 Å². The van der Waals surface area contributed by atoms with Crippen molar-refractivity contribution in [1.82, 2.24) is 0 Å². The third-order valence-corrected chi connectivity index (χ3v) is 26.9. The summed E-state index contributed by atoms with van der Waals surface area (Å²) >= 11 is 0. The van der Waals surface area contributed by atoms with Gasteiger partial charge in [0.05, 0.1) is 0 Å². The third kappa shape index (κ3) is 13.6. The van der Waals surface area contributed by atoms with Crippen LogP contribution in [0.4, 0.5) is 0 Å². The molecule has 0 amide bonds. The Bertz CT molecular complexity index is 8550. The first-order valence-corrected chi connectivity index (χ1v) is 45.1. The van der Waals surface area contributed by atoms with Gasteiger partial charge in [-0.25, -0.2) is 0 Å². The van der Waals surface area contributed by atoms with Gasteiger partial charge in [-0.3, -0.25) is 0 Å². The van der Waals surface area contributed by atoms with Crippen LogP contribution < -0.4 is 0 Å². The van der Waals surface area contributed by atoms with Crippen LogP contribution in [0.2, 0.25) is 0 Å². The third-order valence-electron chi connectivity index (χ3n) is 26.9. The van der Waals surface area contributed by atoms with Crippen LogP contribution in [0, 0.1) is 0 Å². The van der Waals surface area contributed by atoms with Gasteiger partial charge in [0.1, 0.15) is 0 Å². The molecule has 25 aromatic carbocycles. The Morgan fingerprint density at radius 2 is 0.246 bits per heavy atom. The first-order chi connectivity index (χ1) is 64.5. The molecule has 0 heterocycles. The number of rotatable bonds is 13. The van der Waals surface area contributed by atoms with E-state index in [4.69, 9.17) is 0 Å². The average Bonchev–Trinajstić information content (AvgIpc) is 0.713. The van der Waals surface area contributed by atoms with Gasteiger partial charge in [-0.15, -0.1) is 0 Å². The van der Waals surface area contributed by atoms with Crippen LogP contribution in [-0.2, 0) is 0 Å². The zero-order valence-corrected chi connectivity index (χ0v) is 71.5. The summed E-state index contributed by atoms with van der Waals surface area (Å²) in [5.41, 5.74) is 31.9. The lowest BCUT2D eigenvalue weighted by Gasteiger charge is -2.21. The summed E-state index contributed by atoms with van der Waals surface area (Å²) in [6.45, 7) is 0. The first kappa shape index (κ1) is 76.7. The van der Waals surface area contributed by atoms with Crippen molar-refractivity contribution in [1.29, 1.82) is 0 Å². The summed E-state index contributed by atoms with van der Waals surface area (Å²) in [7, 11) is 0. The number of hydrogen-bond acceptors (Lipinski definition) is 0. The lowest BCUT2D eigenvalue weighted by Crippen LogP contribution is -1.94. The second-order valence-electron chi connectivity index (χ2n) is 34.2. The van der Waals surface area contributed by atoms with Gasteiger partial charge in [-0.05, 0) is 271 Å². The molecule has 0 N–H and O–H groups in total. The maximum absolute atomic E-state index is 2.49. The molecular weight excluding hydrogens is 1560 g/mol. The van der Waals surface area contributed by atoms with E-state index in [0.717, 1.165) is 0 Å². The van der Waals surface area contributed by atoms with E-state index in [1.165, 1.54) is 252 Å². The number of hydrogen-bond donors (Lipinski definition) is 0. The molecule has 25 aromatic rings. The minimum atomic E-state index is 1.19. The SMILES string of the molecule is c1ccc(-c2ccc(-c3c4ccccc4c(-c4ccc(-c5ccccc5)cc4)c4cc(-c5c6ccccc6c(-c6cc7ccccc7c7ccccc67)c6ccccc56)ccc34)cc2)cc1.c1ccc(-c2ccc(-c3c4ccccc4c(-c4ccc(-c5ccccc5)cc4)c4cc(-c5ccc(-c6c7ccccc7c(-c7ccccc7)c7ccccc67)cc5)ccc34)cc2)cc1. The van der Waals surface area contributed by atoms with Crippen LogP contribution in [-0.4, -0.2) is 0 Å². The van der Waals surface area contributed by atoms with E-state index in [0.29, 0.717) is 0 Å². The monoisotopic (exact) mass is 1640 g/mol. The molecule has 0 saturated heterocycles. The van der Waals surface area contributed by atoms with Crippen molar-refractivity contribution in [3.05, 3.63) is 510 Å². The van der Waals surface area contributed by atoms with E-state index in [9.17, 15) is 0 Å². The molecule has 0 aliphatic heterocycles. The zero-order valence-electron chi connectivity index (χ0n) is 71.5. The Balaban J connectivity index is 0.000000144. The Morgan fingerprint density at radius 1 is 0.0769 bits per heavy atom. The quantitative estimate of drug-likeness (QED) is 0.0797. The van der Waals surface area contributed by atoms with E-state index in [1.54, 1.807) is 0 Å². The van der Waals surface area contributed by atoms with Gasteiger partial charge < -0.3 is 0 Å². The average molecular weight is 1650 g/mol. The van der Waals surface area contributed by atoms with Crippen molar-refractivity contribution in [2.24, 2.45) is 0 Å². The summed E-state index contributed by atoms with van der Waals surface area (Å²) in [5.74, 6) is 0. The molecule has 604 valence electrons. The maximum atomic E-state index is 2.49. The van der Waals surface area contributed by atoms with Crippen molar-refractivity contribution in [3.8, 4) is 145 Å². The first-order valence-electron chi connectivity index (χ1n) is 45.1. The highest BCUT2D eigenvalue weighted by Crippen LogP contribution is 2.53. The Morgan fingerprint density at radius 3 is 0.546 bits per heavy atom. The van der Waals surface area contributed by atoms with Crippen LogP contribution in [0.1, 0.15) is 0 Å². The summed E-state index contributed by atoms with van der Waals surface area (Å²) in [4.78, 5) is 0. The Labute approximate surface area is 756 Å². The summed E-state index contributed by atoms with van der Waals surface area (Å²) in [5, 5.41) is 25.1. The molecule has 0 radical (unpaired) electrons.